The molecule has 5 N–H and O–H groups in total. The SMILES string of the molecule is NC(N)=NCCN1CCC(O)CC1. The minimum absolute atomic E-state index is 0.112. The fraction of sp³-hybridized carbons (Fsp3) is 0.875. The molecule has 0 unspecified atom stereocenters. The molecule has 1 heterocycles. The molecule has 0 spiro atoms. The van der Waals surface area contributed by atoms with Gasteiger partial charge in [-0.25, -0.2) is 0 Å². The van der Waals surface area contributed by atoms with Crippen molar-refractivity contribution in [2.45, 2.75) is 18.9 Å². The molecule has 1 rings (SSSR count). The summed E-state index contributed by atoms with van der Waals surface area (Å²) in [7, 11) is 0. The van der Waals surface area contributed by atoms with Gasteiger partial charge in [-0.1, -0.05) is 0 Å². The van der Waals surface area contributed by atoms with Crippen molar-refractivity contribution in [3.63, 3.8) is 0 Å². The van der Waals surface area contributed by atoms with Gasteiger partial charge >= 0.3 is 0 Å². The summed E-state index contributed by atoms with van der Waals surface area (Å²) in [4.78, 5) is 6.17. The standard InChI is InChI=1S/C8H18N4O/c9-8(10)11-3-6-12-4-1-7(13)2-5-12/h7,13H,1-6H2,(H4,9,10,11). The number of nitrogens with two attached hydrogens (primary N) is 2. The Morgan fingerprint density at radius 1 is 1.38 bits per heavy atom. The van der Waals surface area contributed by atoms with Gasteiger partial charge in [0.2, 0.25) is 0 Å². The molecule has 0 atom stereocenters. The Morgan fingerprint density at radius 2 is 2.00 bits per heavy atom. The van der Waals surface area contributed by atoms with Crippen molar-refractivity contribution >= 4 is 5.96 Å². The lowest BCUT2D eigenvalue weighted by molar-refractivity contribution is 0.0841. The van der Waals surface area contributed by atoms with Gasteiger partial charge < -0.3 is 21.5 Å². The number of aliphatic imine (C=N–C) groups is 1. The number of guanidine groups is 1. The third-order valence-electron chi connectivity index (χ3n) is 2.27. The normalized spacial score (nSPS) is 20.1. The molecule has 1 aliphatic heterocycles. The number of rotatable bonds is 3. The summed E-state index contributed by atoms with van der Waals surface area (Å²) in [6, 6.07) is 0. The van der Waals surface area contributed by atoms with Gasteiger partial charge in [0.15, 0.2) is 5.96 Å². The first kappa shape index (κ1) is 10.3. The summed E-state index contributed by atoms with van der Waals surface area (Å²) in [6.45, 7) is 3.42. The van der Waals surface area contributed by atoms with Crippen LogP contribution < -0.4 is 11.5 Å². The van der Waals surface area contributed by atoms with E-state index in [-0.39, 0.29) is 12.1 Å². The van der Waals surface area contributed by atoms with Crippen LogP contribution in [0.5, 0.6) is 0 Å². The molecule has 76 valence electrons. The van der Waals surface area contributed by atoms with Gasteiger partial charge in [0.25, 0.3) is 0 Å². The minimum atomic E-state index is -0.112. The van der Waals surface area contributed by atoms with E-state index in [2.05, 4.69) is 9.89 Å². The maximum Gasteiger partial charge on any atom is 0.185 e. The average molecular weight is 186 g/mol. The Balaban J connectivity index is 2.12. The maximum absolute atomic E-state index is 9.25. The van der Waals surface area contributed by atoms with Crippen LogP contribution in [0.1, 0.15) is 12.8 Å². The average Bonchev–Trinajstić information content (AvgIpc) is 2.08. The van der Waals surface area contributed by atoms with Crippen molar-refractivity contribution in [2.75, 3.05) is 26.2 Å². The highest BCUT2D eigenvalue weighted by Gasteiger charge is 2.15. The first-order valence-corrected chi connectivity index (χ1v) is 4.64. The second kappa shape index (κ2) is 5.04. The molecular formula is C8H18N4O. The van der Waals surface area contributed by atoms with E-state index >= 15 is 0 Å². The Kier molecular flexibility index (Phi) is 3.98. The van der Waals surface area contributed by atoms with Crippen molar-refractivity contribution in [3.05, 3.63) is 0 Å². The minimum Gasteiger partial charge on any atom is -0.393 e. The van der Waals surface area contributed by atoms with Crippen molar-refractivity contribution in [2.24, 2.45) is 16.5 Å². The lowest BCUT2D eigenvalue weighted by atomic mass is 10.1. The lowest BCUT2D eigenvalue weighted by Crippen LogP contribution is -2.37. The zero-order valence-corrected chi connectivity index (χ0v) is 7.82. The molecule has 0 aromatic rings. The smallest absolute Gasteiger partial charge is 0.185 e. The molecule has 1 fully saturated rings. The number of likely N-dealkylation sites (tertiary alicyclic amines) is 1. The van der Waals surface area contributed by atoms with Gasteiger partial charge in [-0.05, 0) is 12.8 Å². The van der Waals surface area contributed by atoms with Gasteiger partial charge in [0.05, 0.1) is 12.6 Å². The maximum atomic E-state index is 9.25. The van der Waals surface area contributed by atoms with Crippen LogP contribution >= 0.6 is 0 Å². The predicted octanol–water partition coefficient (Wildman–Crippen LogP) is -1.28. The van der Waals surface area contributed by atoms with Crippen molar-refractivity contribution in [1.29, 1.82) is 0 Å². The van der Waals surface area contributed by atoms with E-state index < -0.39 is 0 Å². The molecule has 5 heteroatoms. The molecule has 1 saturated heterocycles. The van der Waals surface area contributed by atoms with Crippen LogP contribution in [0.2, 0.25) is 0 Å². The summed E-state index contributed by atoms with van der Waals surface area (Å²) in [5.41, 5.74) is 10.4. The predicted molar refractivity (Wildman–Crippen MR) is 52.4 cm³/mol. The van der Waals surface area contributed by atoms with Gasteiger partial charge in [-0.3, -0.25) is 4.99 Å². The number of hydrogen-bond donors (Lipinski definition) is 3. The van der Waals surface area contributed by atoms with E-state index in [4.69, 9.17) is 11.5 Å². The fourth-order valence-electron chi connectivity index (χ4n) is 1.46. The van der Waals surface area contributed by atoms with Crippen LogP contribution in [0, 0.1) is 0 Å². The van der Waals surface area contributed by atoms with E-state index in [9.17, 15) is 5.11 Å². The summed E-state index contributed by atoms with van der Waals surface area (Å²) in [5.74, 6) is 0.150. The van der Waals surface area contributed by atoms with E-state index in [1.54, 1.807) is 0 Å². The molecule has 0 radical (unpaired) electrons. The monoisotopic (exact) mass is 186 g/mol. The molecule has 0 bridgehead atoms. The number of aliphatic hydroxyl groups is 1. The molecule has 0 aromatic carbocycles. The zero-order chi connectivity index (χ0) is 9.68. The van der Waals surface area contributed by atoms with Crippen LogP contribution in [-0.4, -0.2) is 48.2 Å². The lowest BCUT2D eigenvalue weighted by Gasteiger charge is -2.28. The van der Waals surface area contributed by atoms with Crippen LogP contribution in [0.25, 0.3) is 0 Å². The Morgan fingerprint density at radius 3 is 2.54 bits per heavy atom. The van der Waals surface area contributed by atoms with Crippen LogP contribution in [0.3, 0.4) is 0 Å². The third kappa shape index (κ3) is 4.10. The molecule has 0 saturated carbocycles. The molecule has 13 heavy (non-hydrogen) atoms. The van der Waals surface area contributed by atoms with Gasteiger partial charge in [-0.15, -0.1) is 0 Å². The van der Waals surface area contributed by atoms with E-state index in [0.29, 0.717) is 6.54 Å². The topological polar surface area (TPSA) is 87.9 Å². The molecule has 5 nitrogen and oxygen atoms in total. The van der Waals surface area contributed by atoms with Crippen molar-refractivity contribution in [1.82, 2.24) is 4.90 Å². The Hall–Kier alpha value is -0.810. The van der Waals surface area contributed by atoms with Crippen molar-refractivity contribution < 1.29 is 5.11 Å². The fourth-order valence-corrected chi connectivity index (χ4v) is 1.46. The first-order chi connectivity index (χ1) is 6.18. The van der Waals surface area contributed by atoms with Gasteiger partial charge in [-0.2, -0.15) is 0 Å². The highest BCUT2D eigenvalue weighted by Crippen LogP contribution is 2.08. The summed E-state index contributed by atoms with van der Waals surface area (Å²) >= 11 is 0. The largest absolute Gasteiger partial charge is 0.393 e. The first-order valence-electron chi connectivity index (χ1n) is 4.64. The number of nitrogens with zero attached hydrogens (tertiary/aromatic N) is 2. The Labute approximate surface area is 78.4 Å². The molecule has 1 aliphatic rings. The highest BCUT2D eigenvalue weighted by atomic mass is 16.3. The van der Waals surface area contributed by atoms with E-state index in [0.717, 1.165) is 32.5 Å². The number of piperidine rings is 1. The van der Waals surface area contributed by atoms with Gasteiger partial charge in [0, 0.05) is 19.6 Å². The van der Waals surface area contributed by atoms with Crippen LogP contribution in [0.4, 0.5) is 0 Å². The highest BCUT2D eigenvalue weighted by molar-refractivity contribution is 5.75. The summed E-state index contributed by atoms with van der Waals surface area (Å²) in [6.07, 6.45) is 1.61. The second-order valence-corrected chi connectivity index (χ2v) is 3.38. The van der Waals surface area contributed by atoms with Gasteiger partial charge in [0.1, 0.15) is 0 Å². The molecule has 0 amide bonds. The van der Waals surface area contributed by atoms with Crippen molar-refractivity contribution in [3.8, 4) is 0 Å². The van der Waals surface area contributed by atoms with E-state index in [1.807, 2.05) is 0 Å². The summed E-state index contributed by atoms with van der Waals surface area (Å²) < 4.78 is 0. The number of hydrogen-bond acceptors (Lipinski definition) is 3. The molecular weight excluding hydrogens is 168 g/mol. The number of aliphatic hydroxyl groups excluding tert-OH is 1. The third-order valence-corrected chi connectivity index (χ3v) is 2.27. The zero-order valence-electron chi connectivity index (χ0n) is 7.82. The molecule has 0 aromatic heterocycles. The summed E-state index contributed by atoms with van der Waals surface area (Å²) in [5, 5.41) is 9.25. The van der Waals surface area contributed by atoms with Crippen LogP contribution in [-0.2, 0) is 0 Å². The quantitative estimate of drug-likeness (QED) is 0.378. The molecule has 0 aliphatic carbocycles. The van der Waals surface area contributed by atoms with E-state index in [1.165, 1.54) is 0 Å². The van der Waals surface area contributed by atoms with Crippen LogP contribution in [0.15, 0.2) is 4.99 Å². The Bertz CT molecular complexity index is 171. The second-order valence-electron chi connectivity index (χ2n) is 3.38.